The van der Waals surface area contributed by atoms with Gasteiger partial charge in [-0.05, 0) is 30.6 Å². The highest BCUT2D eigenvalue weighted by atomic mass is 16.5. The molecule has 1 saturated heterocycles. The minimum Gasteiger partial charge on any atom is -0.381 e. The monoisotopic (exact) mass is 228 g/mol. The zero-order valence-corrected chi connectivity index (χ0v) is 11.1. The van der Waals surface area contributed by atoms with Crippen LogP contribution in [0.5, 0.6) is 0 Å². The number of hydrogen-bond donors (Lipinski definition) is 2. The lowest BCUT2D eigenvalue weighted by atomic mass is 9.82. The SMILES string of the molecule is CC(C)CC(N)CNCC1(C)CCOCC1. The summed E-state index contributed by atoms with van der Waals surface area (Å²) in [5.74, 6) is 0.690. The van der Waals surface area contributed by atoms with Gasteiger partial charge in [-0.25, -0.2) is 0 Å². The fourth-order valence-corrected chi connectivity index (χ4v) is 2.29. The number of rotatable bonds is 6. The van der Waals surface area contributed by atoms with Crippen molar-refractivity contribution in [3.05, 3.63) is 0 Å². The lowest BCUT2D eigenvalue weighted by Crippen LogP contribution is -2.42. The molecule has 3 heteroatoms. The molecule has 0 amide bonds. The second kappa shape index (κ2) is 6.58. The lowest BCUT2D eigenvalue weighted by Gasteiger charge is -2.34. The van der Waals surface area contributed by atoms with Crippen LogP contribution in [0.15, 0.2) is 0 Å². The second-order valence-corrected chi connectivity index (χ2v) is 5.94. The second-order valence-electron chi connectivity index (χ2n) is 5.94. The van der Waals surface area contributed by atoms with E-state index in [2.05, 4.69) is 26.1 Å². The summed E-state index contributed by atoms with van der Waals surface area (Å²) in [5, 5.41) is 3.52. The normalized spacial score (nSPS) is 22.3. The zero-order chi connectivity index (χ0) is 12.0. The van der Waals surface area contributed by atoms with Gasteiger partial charge in [0, 0.05) is 32.3 Å². The summed E-state index contributed by atoms with van der Waals surface area (Å²) in [4.78, 5) is 0. The average Bonchev–Trinajstić information content (AvgIpc) is 2.17. The molecule has 0 aromatic carbocycles. The summed E-state index contributed by atoms with van der Waals surface area (Å²) in [5.41, 5.74) is 6.46. The van der Waals surface area contributed by atoms with Crippen molar-refractivity contribution in [2.45, 2.75) is 46.1 Å². The van der Waals surface area contributed by atoms with E-state index in [1.807, 2.05) is 0 Å². The van der Waals surface area contributed by atoms with E-state index in [1.165, 1.54) is 12.8 Å². The maximum atomic E-state index is 6.05. The maximum absolute atomic E-state index is 6.05. The lowest BCUT2D eigenvalue weighted by molar-refractivity contribution is 0.0240. The van der Waals surface area contributed by atoms with Crippen LogP contribution in [0.25, 0.3) is 0 Å². The first-order valence-corrected chi connectivity index (χ1v) is 6.56. The summed E-state index contributed by atoms with van der Waals surface area (Å²) >= 11 is 0. The molecule has 1 unspecified atom stereocenters. The molecule has 0 saturated carbocycles. The van der Waals surface area contributed by atoms with Gasteiger partial charge < -0.3 is 15.8 Å². The molecule has 1 heterocycles. The molecule has 16 heavy (non-hydrogen) atoms. The van der Waals surface area contributed by atoms with Gasteiger partial charge in [-0.2, -0.15) is 0 Å². The molecule has 1 aliphatic rings. The van der Waals surface area contributed by atoms with Crippen molar-refractivity contribution in [1.29, 1.82) is 0 Å². The molecule has 0 aliphatic carbocycles. The standard InChI is InChI=1S/C13H28N2O/c1-11(2)8-12(14)9-15-10-13(3)4-6-16-7-5-13/h11-12,15H,4-10,14H2,1-3H3. The molecule has 1 aliphatic heterocycles. The molecule has 0 bridgehead atoms. The van der Waals surface area contributed by atoms with Crippen molar-refractivity contribution >= 4 is 0 Å². The molecule has 0 aromatic rings. The van der Waals surface area contributed by atoms with Crippen molar-refractivity contribution in [2.75, 3.05) is 26.3 Å². The van der Waals surface area contributed by atoms with Crippen LogP contribution in [0.4, 0.5) is 0 Å². The first kappa shape index (κ1) is 13.9. The van der Waals surface area contributed by atoms with Gasteiger partial charge in [-0.3, -0.25) is 0 Å². The zero-order valence-electron chi connectivity index (χ0n) is 11.1. The highest BCUT2D eigenvalue weighted by Gasteiger charge is 2.26. The van der Waals surface area contributed by atoms with Gasteiger partial charge in [0.25, 0.3) is 0 Å². The summed E-state index contributed by atoms with van der Waals surface area (Å²) in [7, 11) is 0. The molecule has 0 spiro atoms. The predicted molar refractivity (Wildman–Crippen MR) is 68.5 cm³/mol. The smallest absolute Gasteiger partial charge is 0.0471 e. The number of nitrogens with one attached hydrogen (secondary N) is 1. The maximum Gasteiger partial charge on any atom is 0.0471 e. The highest BCUT2D eigenvalue weighted by Crippen LogP contribution is 2.28. The Kier molecular flexibility index (Phi) is 5.73. The van der Waals surface area contributed by atoms with E-state index >= 15 is 0 Å². The van der Waals surface area contributed by atoms with Gasteiger partial charge in [0.2, 0.25) is 0 Å². The fraction of sp³-hybridized carbons (Fsp3) is 1.00. The van der Waals surface area contributed by atoms with E-state index in [0.717, 1.165) is 32.7 Å². The van der Waals surface area contributed by atoms with Gasteiger partial charge in [0.1, 0.15) is 0 Å². The summed E-state index contributed by atoms with van der Waals surface area (Å²) in [6, 6.07) is 0.295. The molecule has 1 atom stereocenters. The van der Waals surface area contributed by atoms with Crippen LogP contribution in [-0.2, 0) is 4.74 Å². The Morgan fingerprint density at radius 2 is 1.94 bits per heavy atom. The largest absolute Gasteiger partial charge is 0.381 e. The van der Waals surface area contributed by atoms with E-state index in [0.29, 0.717) is 17.4 Å². The number of hydrogen-bond acceptors (Lipinski definition) is 3. The van der Waals surface area contributed by atoms with Crippen LogP contribution in [0, 0.1) is 11.3 Å². The molecule has 96 valence electrons. The Bertz CT molecular complexity index is 188. The molecule has 0 aromatic heterocycles. The Morgan fingerprint density at radius 3 is 2.50 bits per heavy atom. The van der Waals surface area contributed by atoms with Crippen LogP contribution in [0.2, 0.25) is 0 Å². The fourth-order valence-electron chi connectivity index (χ4n) is 2.29. The third-order valence-corrected chi connectivity index (χ3v) is 3.43. The van der Waals surface area contributed by atoms with Crippen molar-refractivity contribution in [3.8, 4) is 0 Å². The van der Waals surface area contributed by atoms with Crippen LogP contribution in [0.1, 0.15) is 40.0 Å². The van der Waals surface area contributed by atoms with Gasteiger partial charge in [0.15, 0.2) is 0 Å². The van der Waals surface area contributed by atoms with Gasteiger partial charge >= 0.3 is 0 Å². The third-order valence-electron chi connectivity index (χ3n) is 3.43. The summed E-state index contributed by atoms with van der Waals surface area (Å²) in [6.45, 7) is 10.6. The van der Waals surface area contributed by atoms with Gasteiger partial charge in [0.05, 0.1) is 0 Å². The van der Waals surface area contributed by atoms with E-state index in [1.54, 1.807) is 0 Å². The minimum absolute atomic E-state index is 0.295. The van der Waals surface area contributed by atoms with Gasteiger partial charge in [-0.1, -0.05) is 20.8 Å². The number of nitrogens with two attached hydrogens (primary N) is 1. The Balaban J connectivity index is 2.13. The molecule has 1 fully saturated rings. The van der Waals surface area contributed by atoms with E-state index < -0.39 is 0 Å². The van der Waals surface area contributed by atoms with Crippen LogP contribution >= 0.6 is 0 Å². The predicted octanol–water partition coefficient (Wildman–Crippen LogP) is 1.77. The van der Waals surface area contributed by atoms with Crippen molar-refractivity contribution in [1.82, 2.24) is 5.32 Å². The quantitative estimate of drug-likeness (QED) is 0.728. The molecular weight excluding hydrogens is 200 g/mol. The molecule has 0 radical (unpaired) electrons. The summed E-state index contributed by atoms with van der Waals surface area (Å²) < 4.78 is 5.39. The Labute approximate surface area is 100 Å². The van der Waals surface area contributed by atoms with Crippen LogP contribution in [0.3, 0.4) is 0 Å². The van der Waals surface area contributed by atoms with E-state index in [4.69, 9.17) is 10.5 Å². The van der Waals surface area contributed by atoms with Crippen molar-refractivity contribution < 1.29 is 4.74 Å². The van der Waals surface area contributed by atoms with Gasteiger partial charge in [-0.15, -0.1) is 0 Å². The first-order chi connectivity index (χ1) is 7.52. The average molecular weight is 228 g/mol. The molecule has 3 nitrogen and oxygen atoms in total. The van der Waals surface area contributed by atoms with Crippen LogP contribution < -0.4 is 11.1 Å². The van der Waals surface area contributed by atoms with E-state index in [-0.39, 0.29) is 0 Å². The molecule has 3 N–H and O–H groups in total. The third kappa shape index (κ3) is 5.28. The van der Waals surface area contributed by atoms with Crippen LogP contribution in [-0.4, -0.2) is 32.3 Å². The Morgan fingerprint density at radius 1 is 1.31 bits per heavy atom. The Hall–Kier alpha value is -0.120. The van der Waals surface area contributed by atoms with E-state index in [9.17, 15) is 0 Å². The molecule has 1 rings (SSSR count). The molecular formula is C13H28N2O. The van der Waals surface area contributed by atoms with Crippen molar-refractivity contribution in [3.63, 3.8) is 0 Å². The topological polar surface area (TPSA) is 47.3 Å². The number of ether oxygens (including phenoxy) is 1. The highest BCUT2D eigenvalue weighted by molar-refractivity contribution is 4.80. The van der Waals surface area contributed by atoms with Crippen molar-refractivity contribution in [2.24, 2.45) is 17.1 Å². The first-order valence-electron chi connectivity index (χ1n) is 6.56. The minimum atomic E-state index is 0.295. The summed E-state index contributed by atoms with van der Waals surface area (Å²) in [6.07, 6.45) is 3.44.